The quantitative estimate of drug-likeness (QED) is 0.570. The minimum Gasteiger partial charge on any atom is -1.00 e. The Bertz CT molecular complexity index is 29.5. The first-order valence-corrected chi connectivity index (χ1v) is 19.9. The Morgan fingerprint density at radius 1 is 1.00 bits per heavy atom. The molecule has 0 N–H and O–H groups in total. The Morgan fingerprint density at radius 3 is 1.00 bits per heavy atom. The van der Waals surface area contributed by atoms with Crippen molar-refractivity contribution in [3.63, 3.8) is 0 Å². The van der Waals surface area contributed by atoms with Crippen LogP contribution in [0.5, 0.6) is 0 Å². The topological polar surface area (TPSA) is 0 Å². The van der Waals surface area contributed by atoms with Crippen molar-refractivity contribution in [3.8, 4) is 0 Å². The molecule has 0 unspecified atom stereocenters. The zero-order valence-electron chi connectivity index (χ0n) is 4.72. The van der Waals surface area contributed by atoms with Gasteiger partial charge in [0, 0.05) is 0 Å². The van der Waals surface area contributed by atoms with Crippen molar-refractivity contribution < 1.29 is 2.85 Å². The van der Waals surface area contributed by atoms with Gasteiger partial charge < -0.3 is 2.85 Å². The fourth-order valence-corrected chi connectivity index (χ4v) is 0. The summed E-state index contributed by atoms with van der Waals surface area (Å²) in [5, 5.41) is 0. The standard InChI is InChI=1S/4ClH.Mg.Pb.2H/h4*1H;;;;/q;;;;+2;+4;2*-1/p-4. The molecule has 36 valence electrons. The molecule has 0 bridgehead atoms. The van der Waals surface area contributed by atoms with E-state index in [0.717, 1.165) is 0 Å². The van der Waals surface area contributed by atoms with Crippen LogP contribution in [-0.4, -0.2) is 39.3 Å². The molecule has 0 aliphatic rings. The van der Waals surface area contributed by atoms with Crippen LogP contribution in [0.25, 0.3) is 0 Å². The second kappa shape index (κ2) is 4.70. The van der Waals surface area contributed by atoms with Crippen molar-refractivity contribution in [2.75, 3.05) is 0 Å². The monoisotopic (exact) mass is 374 g/mol. The van der Waals surface area contributed by atoms with Crippen molar-refractivity contribution in [2.24, 2.45) is 0 Å². The van der Waals surface area contributed by atoms with Gasteiger partial charge in [0.1, 0.15) is 0 Å². The van der Waals surface area contributed by atoms with Crippen molar-refractivity contribution in [3.05, 3.63) is 0 Å². The van der Waals surface area contributed by atoms with Gasteiger partial charge in [0.2, 0.25) is 0 Å². The first-order valence-electron chi connectivity index (χ1n) is 0.756. The average Bonchev–Trinajstić information content (AvgIpc) is 0.722. The molecule has 0 fully saturated rings. The van der Waals surface area contributed by atoms with Crippen LogP contribution in [0.2, 0.25) is 0 Å². The van der Waals surface area contributed by atoms with Gasteiger partial charge in [0.15, 0.2) is 0 Å². The normalized spacial score (nSPS) is 10.0. The van der Waals surface area contributed by atoms with Gasteiger partial charge in [-0.15, -0.1) is 0 Å². The van der Waals surface area contributed by atoms with Crippen LogP contribution >= 0.6 is 33.3 Å². The van der Waals surface area contributed by atoms with Crippen LogP contribution in [0.15, 0.2) is 0 Å². The predicted molar refractivity (Wildman–Crippen MR) is 37.1 cm³/mol. The number of hydrogen-bond donors (Lipinski definition) is 0. The molecular weight excluding hydrogens is 373 g/mol. The molecule has 0 nitrogen and oxygen atoms in total. The molecule has 0 aromatic rings. The molecule has 0 aromatic heterocycles. The molecule has 0 atom stereocenters. The Hall–Kier alpha value is 2.85. The van der Waals surface area contributed by atoms with E-state index >= 15 is 0 Å². The molecule has 0 aromatic carbocycles. The van der Waals surface area contributed by atoms with E-state index in [4.69, 9.17) is 33.3 Å². The third-order valence-corrected chi connectivity index (χ3v) is 0. The summed E-state index contributed by atoms with van der Waals surface area (Å²) in [6.07, 6.45) is 0. The minimum atomic E-state index is -3.39. The summed E-state index contributed by atoms with van der Waals surface area (Å²) in [7, 11) is 20.2. The maximum absolute atomic E-state index is 5.05. The Kier molecular flexibility index (Phi) is 9.11. The first kappa shape index (κ1) is 11.6. The van der Waals surface area contributed by atoms with E-state index in [2.05, 4.69) is 0 Å². The third-order valence-electron chi connectivity index (χ3n) is 0. The van der Waals surface area contributed by atoms with E-state index in [0.29, 0.717) is 0 Å². The smallest absolute Gasteiger partial charge is 1.00 e. The van der Waals surface area contributed by atoms with E-state index in [-0.39, 0.29) is 25.9 Å². The Labute approximate surface area is 74.1 Å². The summed E-state index contributed by atoms with van der Waals surface area (Å²) in [6, 6.07) is 0. The van der Waals surface area contributed by atoms with Crippen molar-refractivity contribution in [1.29, 1.82) is 0 Å². The maximum atomic E-state index is 5.05. The molecule has 0 heterocycles. The van der Waals surface area contributed by atoms with Crippen molar-refractivity contribution in [2.45, 2.75) is 0 Å². The molecule has 0 saturated heterocycles. The zero-order chi connectivity index (χ0) is 4.50. The van der Waals surface area contributed by atoms with E-state index < -0.39 is 16.3 Å². The van der Waals surface area contributed by atoms with E-state index in [1.165, 1.54) is 0 Å². The van der Waals surface area contributed by atoms with Crippen LogP contribution in [0, 0.1) is 0 Å². The minimum absolute atomic E-state index is 0. The average molecular weight is 375 g/mol. The molecule has 6 heavy (non-hydrogen) atoms. The van der Waals surface area contributed by atoms with Crippen molar-refractivity contribution >= 4 is 72.6 Å². The van der Waals surface area contributed by atoms with Gasteiger partial charge in [-0.3, -0.25) is 0 Å². The van der Waals surface area contributed by atoms with Crippen LogP contribution < -0.4 is 0 Å². The van der Waals surface area contributed by atoms with Gasteiger partial charge >= 0.3 is 72.6 Å². The van der Waals surface area contributed by atoms with Gasteiger partial charge in [-0.1, -0.05) is 0 Å². The number of hydrogen-bond acceptors (Lipinski definition) is 0. The van der Waals surface area contributed by atoms with E-state index in [9.17, 15) is 0 Å². The first-order chi connectivity index (χ1) is 2.00. The SMILES string of the molecule is [Cl][Pb]([Cl])([Cl])[Cl].[H-].[H-].[Mg+2]. The summed E-state index contributed by atoms with van der Waals surface area (Å²) in [6.45, 7) is 0. The van der Waals surface area contributed by atoms with Crippen LogP contribution in [0.3, 0.4) is 0 Å². The molecule has 0 radical (unpaired) electrons. The fraction of sp³-hybridized carbons (Fsp3) is 0. The summed E-state index contributed by atoms with van der Waals surface area (Å²) in [4.78, 5) is 0. The summed E-state index contributed by atoms with van der Waals surface area (Å²) in [5.74, 6) is 0. The fourth-order valence-electron chi connectivity index (χ4n) is 0. The predicted octanol–water partition coefficient (Wildman–Crippen LogP) is 2.22. The zero-order valence-corrected chi connectivity index (χ0v) is 11.0. The van der Waals surface area contributed by atoms with Crippen LogP contribution in [-0.2, 0) is 0 Å². The van der Waals surface area contributed by atoms with Gasteiger partial charge in [0.05, 0.1) is 0 Å². The van der Waals surface area contributed by atoms with Gasteiger partial charge in [0.25, 0.3) is 0 Å². The van der Waals surface area contributed by atoms with Gasteiger partial charge in [-0.25, -0.2) is 0 Å². The summed E-state index contributed by atoms with van der Waals surface area (Å²) >= 11 is -3.39. The Balaban J connectivity index is -0.0000000267. The molecule has 0 aliphatic heterocycles. The Morgan fingerprint density at radius 2 is 1.00 bits per heavy atom. The summed E-state index contributed by atoms with van der Waals surface area (Å²) < 4.78 is 0. The number of rotatable bonds is 0. The summed E-state index contributed by atoms with van der Waals surface area (Å²) in [5.41, 5.74) is 0. The molecule has 0 spiro atoms. The molecule has 0 saturated carbocycles. The van der Waals surface area contributed by atoms with Crippen LogP contribution in [0.4, 0.5) is 0 Å². The molecule has 0 aliphatic carbocycles. The second-order valence-corrected chi connectivity index (χ2v) is 33.8. The van der Waals surface area contributed by atoms with Gasteiger partial charge in [-0.2, -0.15) is 0 Å². The largest absolute Gasteiger partial charge is 2.00 e. The second-order valence-electron chi connectivity index (χ2n) is 0.429. The van der Waals surface area contributed by atoms with Gasteiger partial charge in [-0.05, 0) is 0 Å². The van der Waals surface area contributed by atoms with Crippen molar-refractivity contribution in [1.82, 2.24) is 0 Å². The number of halogens is 4. The van der Waals surface area contributed by atoms with E-state index in [1.54, 1.807) is 0 Å². The molecule has 0 rings (SSSR count). The third kappa shape index (κ3) is 28.9. The van der Waals surface area contributed by atoms with E-state index in [1.807, 2.05) is 0 Å². The van der Waals surface area contributed by atoms with Crippen LogP contribution in [0.1, 0.15) is 2.85 Å². The molecule has 6 heteroatoms. The molecular formula is H2Cl4MgPb. The molecule has 0 amide bonds. The maximum Gasteiger partial charge on any atom is 2.00 e.